The molecule has 28 heavy (non-hydrogen) atoms. The van der Waals surface area contributed by atoms with E-state index in [4.69, 9.17) is 16.3 Å². The number of halogens is 1. The second kappa shape index (κ2) is 8.14. The number of likely N-dealkylation sites (N-methyl/N-ethyl adjacent to an activating group) is 1. The van der Waals surface area contributed by atoms with Gasteiger partial charge >= 0.3 is 6.03 Å². The highest BCUT2D eigenvalue weighted by Gasteiger charge is 2.31. The second-order valence-corrected chi connectivity index (χ2v) is 6.41. The fourth-order valence-electron chi connectivity index (χ4n) is 2.70. The van der Waals surface area contributed by atoms with E-state index in [2.05, 4.69) is 5.32 Å². The van der Waals surface area contributed by atoms with E-state index in [0.29, 0.717) is 21.9 Å². The first-order valence-electron chi connectivity index (χ1n) is 8.46. The summed E-state index contributed by atoms with van der Waals surface area (Å²) in [6.07, 6.45) is 1.54. The first-order chi connectivity index (χ1) is 13.4. The van der Waals surface area contributed by atoms with Crippen LogP contribution in [0.25, 0.3) is 6.08 Å². The van der Waals surface area contributed by atoms with Crippen LogP contribution in [0.2, 0.25) is 5.02 Å². The molecule has 2 aromatic carbocycles. The van der Waals surface area contributed by atoms with Crippen LogP contribution in [0.15, 0.2) is 48.2 Å². The lowest BCUT2D eigenvalue weighted by Gasteiger charge is -2.10. The SMILES string of the molecule is CCN1C(=O)N/C(=C/c2ccc(OCc3cccc(C(=O)[O-])c3)c(Cl)c2)C1=O. The Kier molecular flexibility index (Phi) is 5.65. The van der Waals surface area contributed by atoms with Gasteiger partial charge in [-0.25, -0.2) is 4.79 Å². The summed E-state index contributed by atoms with van der Waals surface area (Å²) in [6, 6.07) is 10.7. The number of hydrogen-bond donors (Lipinski definition) is 1. The van der Waals surface area contributed by atoms with Gasteiger partial charge in [0.05, 0.1) is 11.0 Å². The van der Waals surface area contributed by atoms with Gasteiger partial charge in [-0.05, 0) is 47.9 Å². The minimum atomic E-state index is -1.26. The lowest BCUT2D eigenvalue weighted by Crippen LogP contribution is -2.30. The molecule has 3 amide bonds. The van der Waals surface area contributed by atoms with Crippen molar-refractivity contribution in [1.82, 2.24) is 10.2 Å². The van der Waals surface area contributed by atoms with Gasteiger partial charge in [0.1, 0.15) is 18.1 Å². The monoisotopic (exact) mass is 399 g/mol. The predicted molar refractivity (Wildman–Crippen MR) is 100 cm³/mol. The van der Waals surface area contributed by atoms with Crippen LogP contribution in [0, 0.1) is 0 Å². The number of amides is 3. The molecule has 0 unspecified atom stereocenters. The van der Waals surface area contributed by atoms with Gasteiger partial charge in [0.2, 0.25) is 0 Å². The molecule has 0 saturated carbocycles. The van der Waals surface area contributed by atoms with Crippen molar-refractivity contribution in [3.8, 4) is 5.75 Å². The van der Waals surface area contributed by atoms with Gasteiger partial charge in [-0.3, -0.25) is 9.69 Å². The fraction of sp³-hybridized carbons (Fsp3) is 0.150. The van der Waals surface area contributed by atoms with E-state index in [9.17, 15) is 19.5 Å². The van der Waals surface area contributed by atoms with Gasteiger partial charge in [0.25, 0.3) is 5.91 Å². The first-order valence-corrected chi connectivity index (χ1v) is 8.84. The predicted octanol–water partition coefficient (Wildman–Crippen LogP) is 2.20. The molecule has 8 heteroatoms. The van der Waals surface area contributed by atoms with E-state index in [-0.39, 0.29) is 24.4 Å². The summed E-state index contributed by atoms with van der Waals surface area (Å²) in [4.78, 5) is 35.8. The van der Waals surface area contributed by atoms with Crippen LogP contribution in [-0.2, 0) is 11.4 Å². The van der Waals surface area contributed by atoms with Crippen molar-refractivity contribution in [1.29, 1.82) is 0 Å². The summed E-state index contributed by atoms with van der Waals surface area (Å²) >= 11 is 6.24. The summed E-state index contributed by atoms with van der Waals surface area (Å²) in [7, 11) is 0. The number of carboxylic acid groups (broad SMARTS) is 1. The molecular weight excluding hydrogens is 384 g/mol. The van der Waals surface area contributed by atoms with Crippen LogP contribution < -0.4 is 15.2 Å². The van der Waals surface area contributed by atoms with E-state index in [1.54, 1.807) is 37.3 Å². The second-order valence-electron chi connectivity index (χ2n) is 6.00. The molecule has 7 nitrogen and oxygen atoms in total. The van der Waals surface area contributed by atoms with Crippen molar-refractivity contribution in [2.75, 3.05) is 6.54 Å². The highest BCUT2D eigenvalue weighted by atomic mass is 35.5. The number of hydrogen-bond acceptors (Lipinski definition) is 5. The zero-order valence-corrected chi connectivity index (χ0v) is 15.7. The summed E-state index contributed by atoms with van der Waals surface area (Å²) in [5, 5.41) is 13.7. The third-order valence-electron chi connectivity index (χ3n) is 4.10. The van der Waals surface area contributed by atoms with Gasteiger partial charge in [-0.1, -0.05) is 35.9 Å². The van der Waals surface area contributed by atoms with E-state index in [0.717, 1.165) is 4.90 Å². The average Bonchev–Trinajstić information content (AvgIpc) is 2.94. The summed E-state index contributed by atoms with van der Waals surface area (Å²) < 4.78 is 5.64. The molecule has 0 aliphatic carbocycles. The Morgan fingerprint density at radius 1 is 1.25 bits per heavy atom. The number of nitrogens with one attached hydrogen (secondary N) is 1. The quantitative estimate of drug-likeness (QED) is 0.593. The van der Waals surface area contributed by atoms with Crippen molar-refractivity contribution in [3.05, 3.63) is 69.9 Å². The van der Waals surface area contributed by atoms with Gasteiger partial charge in [-0.2, -0.15) is 0 Å². The van der Waals surface area contributed by atoms with E-state index >= 15 is 0 Å². The molecule has 1 aliphatic heterocycles. The van der Waals surface area contributed by atoms with Crippen LogP contribution in [0.1, 0.15) is 28.4 Å². The minimum absolute atomic E-state index is 0.0681. The molecule has 0 radical (unpaired) electrons. The van der Waals surface area contributed by atoms with E-state index < -0.39 is 17.9 Å². The highest BCUT2D eigenvalue weighted by Crippen LogP contribution is 2.27. The third-order valence-corrected chi connectivity index (χ3v) is 4.40. The number of rotatable bonds is 6. The zero-order valence-electron chi connectivity index (χ0n) is 14.9. The van der Waals surface area contributed by atoms with Crippen molar-refractivity contribution >= 4 is 35.6 Å². The Labute approximate surface area is 166 Å². The standard InChI is InChI=1S/C20H17ClN2O5/c1-2-23-18(24)16(22-20(23)27)10-12-6-7-17(15(21)9-12)28-11-13-4-3-5-14(8-13)19(25)26/h3-10H,2,11H2,1H3,(H,22,27)(H,25,26)/p-1/b16-10+. The van der Waals surface area contributed by atoms with Crippen LogP contribution in [0.3, 0.4) is 0 Å². The number of aromatic carboxylic acids is 1. The van der Waals surface area contributed by atoms with Crippen molar-refractivity contribution < 1.29 is 24.2 Å². The Morgan fingerprint density at radius 3 is 2.68 bits per heavy atom. The van der Waals surface area contributed by atoms with Crippen LogP contribution in [0.4, 0.5) is 4.79 Å². The average molecular weight is 400 g/mol. The molecule has 144 valence electrons. The summed E-state index contributed by atoms with van der Waals surface area (Å²) in [5.74, 6) is -1.25. The molecule has 1 N–H and O–H groups in total. The number of ether oxygens (including phenoxy) is 1. The molecule has 1 fully saturated rings. The zero-order chi connectivity index (χ0) is 20.3. The van der Waals surface area contributed by atoms with Crippen molar-refractivity contribution in [2.45, 2.75) is 13.5 Å². The molecule has 0 spiro atoms. The minimum Gasteiger partial charge on any atom is -0.545 e. The van der Waals surface area contributed by atoms with Crippen LogP contribution >= 0.6 is 11.6 Å². The lowest BCUT2D eigenvalue weighted by atomic mass is 10.1. The molecule has 0 atom stereocenters. The molecule has 0 aromatic heterocycles. The number of nitrogens with zero attached hydrogens (tertiary/aromatic N) is 1. The van der Waals surface area contributed by atoms with Crippen molar-refractivity contribution in [3.63, 3.8) is 0 Å². The third kappa shape index (κ3) is 4.15. The molecule has 0 bridgehead atoms. The number of carboxylic acids is 1. The summed E-state index contributed by atoms with van der Waals surface area (Å²) in [5.41, 5.74) is 1.52. The maximum atomic E-state index is 12.1. The molecule has 1 heterocycles. The maximum Gasteiger partial charge on any atom is 0.328 e. The number of carbonyl (C=O) groups is 3. The number of carbonyl (C=O) groups excluding carboxylic acids is 3. The molecule has 3 rings (SSSR count). The first kappa shape index (κ1) is 19.4. The number of imide groups is 1. The Balaban J connectivity index is 1.72. The molecule has 1 saturated heterocycles. The number of benzene rings is 2. The Morgan fingerprint density at radius 2 is 2.04 bits per heavy atom. The topological polar surface area (TPSA) is 98.8 Å². The molecular formula is C20H16ClN2O5-. The fourth-order valence-corrected chi connectivity index (χ4v) is 2.94. The highest BCUT2D eigenvalue weighted by molar-refractivity contribution is 6.32. The van der Waals surface area contributed by atoms with E-state index in [1.807, 2.05) is 0 Å². The number of urea groups is 1. The smallest absolute Gasteiger partial charge is 0.328 e. The van der Waals surface area contributed by atoms with Crippen molar-refractivity contribution in [2.24, 2.45) is 0 Å². The van der Waals surface area contributed by atoms with Crippen LogP contribution in [-0.4, -0.2) is 29.4 Å². The van der Waals surface area contributed by atoms with Gasteiger partial charge in [0, 0.05) is 6.54 Å². The lowest BCUT2D eigenvalue weighted by molar-refractivity contribution is -0.255. The molecule has 2 aromatic rings. The van der Waals surface area contributed by atoms with E-state index in [1.165, 1.54) is 18.2 Å². The van der Waals surface area contributed by atoms with Gasteiger partial charge in [0.15, 0.2) is 0 Å². The maximum absolute atomic E-state index is 12.1. The summed E-state index contributed by atoms with van der Waals surface area (Å²) in [6.45, 7) is 2.13. The van der Waals surface area contributed by atoms with Gasteiger partial charge in [-0.15, -0.1) is 0 Å². The Bertz CT molecular complexity index is 986. The molecule has 1 aliphatic rings. The normalized spacial score (nSPS) is 15.1. The van der Waals surface area contributed by atoms with Crippen LogP contribution in [0.5, 0.6) is 5.75 Å². The Hall–Kier alpha value is -3.32. The van der Waals surface area contributed by atoms with Gasteiger partial charge < -0.3 is 20.0 Å². The largest absolute Gasteiger partial charge is 0.545 e.